The zero-order valence-corrected chi connectivity index (χ0v) is 10.6. The summed E-state index contributed by atoms with van der Waals surface area (Å²) >= 11 is 0. The third kappa shape index (κ3) is 2.68. The molecule has 0 aromatic heterocycles. The van der Waals surface area contributed by atoms with Crippen LogP contribution < -0.4 is 4.74 Å². The van der Waals surface area contributed by atoms with Crippen molar-refractivity contribution in [1.82, 2.24) is 0 Å². The summed E-state index contributed by atoms with van der Waals surface area (Å²) in [6.45, 7) is 2.19. The minimum atomic E-state index is 0.264. The van der Waals surface area contributed by atoms with E-state index in [1.807, 2.05) is 24.3 Å². The molecule has 1 fully saturated rings. The summed E-state index contributed by atoms with van der Waals surface area (Å²) in [6.07, 6.45) is 3.97. The number of ether oxygens (including phenoxy) is 1. The molecule has 0 saturated heterocycles. The van der Waals surface area contributed by atoms with E-state index in [-0.39, 0.29) is 5.92 Å². The van der Waals surface area contributed by atoms with Gasteiger partial charge in [-0.3, -0.25) is 4.79 Å². The van der Waals surface area contributed by atoms with Crippen molar-refractivity contribution in [2.75, 3.05) is 7.11 Å². The molecule has 0 heterocycles. The molecule has 1 aromatic rings. The third-order valence-corrected chi connectivity index (χ3v) is 3.83. The van der Waals surface area contributed by atoms with Gasteiger partial charge in [-0.25, -0.2) is 0 Å². The van der Waals surface area contributed by atoms with Crippen molar-refractivity contribution in [3.63, 3.8) is 0 Å². The Labute approximate surface area is 103 Å². The lowest BCUT2D eigenvalue weighted by Gasteiger charge is -2.15. The summed E-state index contributed by atoms with van der Waals surface area (Å²) in [7, 11) is 1.65. The first-order valence-corrected chi connectivity index (χ1v) is 6.37. The van der Waals surface area contributed by atoms with E-state index in [0.717, 1.165) is 17.7 Å². The topological polar surface area (TPSA) is 26.3 Å². The summed E-state index contributed by atoms with van der Waals surface area (Å²) in [5.74, 6) is 2.02. The first kappa shape index (κ1) is 12.2. The van der Waals surface area contributed by atoms with Gasteiger partial charge in [-0.15, -0.1) is 0 Å². The molecule has 0 amide bonds. The second kappa shape index (κ2) is 5.35. The third-order valence-electron chi connectivity index (χ3n) is 3.83. The molecular formula is C15H20O2. The van der Waals surface area contributed by atoms with Crippen molar-refractivity contribution in [3.05, 3.63) is 29.8 Å². The molecule has 2 heteroatoms. The van der Waals surface area contributed by atoms with Crippen molar-refractivity contribution in [1.29, 1.82) is 0 Å². The number of Topliss-reactive ketones (excluding diaryl/α,β-unsaturated/α-hetero) is 1. The molecule has 2 rings (SSSR count). The number of methoxy groups -OCH3 is 1. The molecule has 17 heavy (non-hydrogen) atoms. The van der Waals surface area contributed by atoms with E-state index >= 15 is 0 Å². The number of hydrogen-bond acceptors (Lipinski definition) is 2. The van der Waals surface area contributed by atoms with Crippen LogP contribution in [0.5, 0.6) is 5.75 Å². The van der Waals surface area contributed by atoms with Gasteiger partial charge in [-0.05, 0) is 24.8 Å². The number of carbonyl (C=O) groups is 1. The normalized spacial score (nSPS) is 23.6. The molecule has 2 nitrogen and oxygen atoms in total. The predicted octanol–water partition coefficient (Wildman–Crippen LogP) is 3.24. The van der Waals surface area contributed by atoms with Gasteiger partial charge in [-0.2, -0.15) is 0 Å². The van der Waals surface area contributed by atoms with Crippen molar-refractivity contribution >= 4 is 5.78 Å². The maximum Gasteiger partial charge on any atom is 0.140 e. The zero-order valence-electron chi connectivity index (χ0n) is 10.6. The van der Waals surface area contributed by atoms with E-state index in [9.17, 15) is 4.79 Å². The first-order chi connectivity index (χ1) is 8.22. The Kier molecular flexibility index (Phi) is 3.82. The number of hydrogen-bond donors (Lipinski definition) is 0. The molecule has 0 bridgehead atoms. The van der Waals surface area contributed by atoms with Crippen LogP contribution >= 0.6 is 0 Å². The van der Waals surface area contributed by atoms with Crippen LogP contribution in [0.15, 0.2) is 24.3 Å². The first-order valence-electron chi connectivity index (χ1n) is 6.37. The lowest BCUT2D eigenvalue weighted by molar-refractivity contribution is -0.123. The molecule has 0 aliphatic heterocycles. The fourth-order valence-electron chi connectivity index (χ4n) is 2.79. The highest BCUT2D eigenvalue weighted by Crippen LogP contribution is 2.33. The summed E-state index contributed by atoms with van der Waals surface area (Å²) in [5.41, 5.74) is 1.01. The van der Waals surface area contributed by atoms with E-state index in [1.165, 1.54) is 12.8 Å². The molecule has 1 aromatic carbocycles. The fraction of sp³-hybridized carbons (Fsp3) is 0.533. The number of ketones is 1. The standard InChI is InChI=1S/C15H20O2/c1-11-6-5-8-13(11)14(16)10-12-7-3-4-9-15(12)17-2/h3-4,7,9,11,13H,5-6,8,10H2,1-2H3. The minimum absolute atomic E-state index is 0.264. The maximum absolute atomic E-state index is 12.2. The van der Waals surface area contributed by atoms with Crippen LogP contribution in [0.1, 0.15) is 31.7 Å². The SMILES string of the molecule is COc1ccccc1CC(=O)C1CCCC1C. The highest BCUT2D eigenvalue weighted by molar-refractivity contribution is 5.84. The Morgan fingerprint density at radius 2 is 2.12 bits per heavy atom. The van der Waals surface area contributed by atoms with Crippen LogP contribution in [0, 0.1) is 11.8 Å². The van der Waals surface area contributed by atoms with E-state index in [1.54, 1.807) is 7.11 Å². The lowest BCUT2D eigenvalue weighted by Crippen LogP contribution is -2.19. The fourth-order valence-corrected chi connectivity index (χ4v) is 2.79. The van der Waals surface area contributed by atoms with Gasteiger partial charge in [0, 0.05) is 17.9 Å². The Bertz CT molecular complexity index is 398. The number of para-hydroxylation sites is 1. The summed E-state index contributed by atoms with van der Waals surface area (Å²) < 4.78 is 5.28. The molecule has 2 atom stereocenters. The zero-order chi connectivity index (χ0) is 12.3. The number of benzene rings is 1. The number of rotatable bonds is 4. The molecule has 1 saturated carbocycles. The van der Waals surface area contributed by atoms with Crippen molar-refractivity contribution < 1.29 is 9.53 Å². The Morgan fingerprint density at radius 3 is 2.76 bits per heavy atom. The minimum Gasteiger partial charge on any atom is -0.496 e. The highest BCUT2D eigenvalue weighted by atomic mass is 16.5. The Morgan fingerprint density at radius 1 is 1.35 bits per heavy atom. The van der Waals surface area contributed by atoms with Crippen molar-refractivity contribution in [2.24, 2.45) is 11.8 Å². The largest absolute Gasteiger partial charge is 0.496 e. The average molecular weight is 232 g/mol. The van der Waals surface area contributed by atoms with Gasteiger partial charge in [0.05, 0.1) is 7.11 Å². The second-order valence-electron chi connectivity index (χ2n) is 4.97. The second-order valence-corrected chi connectivity index (χ2v) is 4.97. The number of carbonyl (C=O) groups excluding carboxylic acids is 1. The van der Waals surface area contributed by atoms with E-state index in [4.69, 9.17) is 4.74 Å². The Hall–Kier alpha value is -1.31. The van der Waals surface area contributed by atoms with Gasteiger partial charge in [0.25, 0.3) is 0 Å². The van der Waals surface area contributed by atoms with Crippen LogP contribution in [0.3, 0.4) is 0 Å². The summed E-state index contributed by atoms with van der Waals surface area (Å²) in [6, 6.07) is 7.80. The van der Waals surface area contributed by atoms with Crippen LogP contribution in [-0.4, -0.2) is 12.9 Å². The van der Waals surface area contributed by atoms with Crippen LogP contribution in [0.2, 0.25) is 0 Å². The van der Waals surface area contributed by atoms with Crippen LogP contribution in [0.4, 0.5) is 0 Å². The molecule has 0 spiro atoms. The quantitative estimate of drug-likeness (QED) is 0.796. The molecule has 1 aliphatic rings. The van der Waals surface area contributed by atoms with E-state index in [2.05, 4.69) is 6.92 Å². The molecule has 0 radical (unpaired) electrons. The van der Waals surface area contributed by atoms with E-state index < -0.39 is 0 Å². The van der Waals surface area contributed by atoms with Gasteiger partial charge in [0.15, 0.2) is 0 Å². The molecule has 92 valence electrons. The monoisotopic (exact) mass is 232 g/mol. The van der Waals surface area contributed by atoms with Gasteiger partial charge >= 0.3 is 0 Å². The van der Waals surface area contributed by atoms with Gasteiger partial charge < -0.3 is 4.74 Å². The van der Waals surface area contributed by atoms with Gasteiger partial charge in [-0.1, -0.05) is 31.5 Å². The smallest absolute Gasteiger partial charge is 0.140 e. The molecular weight excluding hydrogens is 212 g/mol. The van der Waals surface area contributed by atoms with Crippen molar-refractivity contribution in [3.8, 4) is 5.75 Å². The highest BCUT2D eigenvalue weighted by Gasteiger charge is 2.29. The van der Waals surface area contributed by atoms with Crippen LogP contribution in [0.25, 0.3) is 0 Å². The summed E-state index contributed by atoms with van der Waals surface area (Å²) in [5, 5.41) is 0. The van der Waals surface area contributed by atoms with Crippen LogP contribution in [-0.2, 0) is 11.2 Å². The lowest BCUT2D eigenvalue weighted by atomic mass is 9.90. The maximum atomic E-state index is 12.2. The van der Waals surface area contributed by atoms with E-state index in [0.29, 0.717) is 18.1 Å². The molecule has 1 aliphatic carbocycles. The predicted molar refractivity (Wildman–Crippen MR) is 68.2 cm³/mol. The Balaban J connectivity index is 2.07. The average Bonchev–Trinajstić information content (AvgIpc) is 2.76. The van der Waals surface area contributed by atoms with Gasteiger partial charge in [0.1, 0.15) is 11.5 Å². The van der Waals surface area contributed by atoms with Crippen molar-refractivity contribution in [2.45, 2.75) is 32.6 Å². The van der Waals surface area contributed by atoms with Gasteiger partial charge in [0.2, 0.25) is 0 Å². The molecule has 2 unspecified atom stereocenters. The molecule has 0 N–H and O–H groups in total. The summed E-state index contributed by atoms with van der Waals surface area (Å²) in [4.78, 5) is 12.2.